The predicted octanol–water partition coefficient (Wildman–Crippen LogP) is 3.74. The van der Waals surface area contributed by atoms with Crippen molar-refractivity contribution >= 4 is 29.0 Å². The molecule has 3 aromatic rings. The van der Waals surface area contributed by atoms with E-state index in [1.165, 1.54) is 17.4 Å². The number of amides is 1. The van der Waals surface area contributed by atoms with E-state index in [0.717, 1.165) is 5.56 Å². The highest BCUT2D eigenvalue weighted by molar-refractivity contribution is 7.12. The van der Waals surface area contributed by atoms with Crippen LogP contribution in [0, 0.1) is 0 Å². The number of esters is 1. The topological polar surface area (TPSA) is 90.9 Å². The van der Waals surface area contributed by atoms with Gasteiger partial charge in [0.25, 0.3) is 5.91 Å². The number of ether oxygens (including phenoxy) is 3. The minimum absolute atomic E-state index is 0.123. The van der Waals surface area contributed by atoms with Crippen LogP contribution in [0.1, 0.15) is 44.1 Å². The molecule has 0 radical (unpaired) electrons. The average Bonchev–Trinajstić information content (AvgIpc) is 3.48. The first-order valence-electron chi connectivity index (χ1n) is 9.56. The standard InChI is InChI=1S/C23H19NO6S/c1-14(15-8-9-18-19(11-15)30-13-29-18)24-21(25)12-28-23(27)17-6-3-2-5-16(17)22(26)20-7-4-10-31-20/h2-11,14H,12-13H2,1H3,(H,24,25). The minimum atomic E-state index is -0.730. The number of benzene rings is 2. The van der Waals surface area contributed by atoms with Gasteiger partial charge in [0.2, 0.25) is 12.6 Å². The van der Waals surface area contributed by atoms with E-state index in [1.807, 2.05) is 13.0 Å². The molecule has 0 saturated heterocycles. The molecule has 31 heavy (non-hydrogen) atoms. The lowest BCUT2D eigenvalue weighted by Gasteiger charge is -2.15. The summed E-state index contributed by atoms with van der Waals surface area (Å²) in [5.74, 6) is -0.167. The Morgan fingerprint density at radius 1 is 1.03 bits per heavy atom. The van der Waals surface area contributed by atoms with Crippen LogP contribution in [0.2, 0.25) is 0 Å². The molecule has 8 heteroatoms. The zero-order valence-corrected chi connectivity index (χ0v) is 17.4. The molecule has 1 aliphatic heterocycles. The van der Waals surface area contributed by atoms with Crippen LogP contribution in [0.3, 0.4) is 0 Å². The molecule has 1 unspecified atom stereocenters. The summed E-state index contributed by atoms with van der Waals surface area (Å²) >= 11 is 1.29. The van der Waals surface area contributed by atoms with Crippen molar-refractivity contribution in [3.8, 4) is 11.5 Å². The Hall–Kier alpha value is -3.65. The van der Waals surface area contributed by atoms with Crippen molar-refractivity contribution in [1.82, 2.24) is 5.32 Å². The average molecular weight is 437 g/mol. The Kier molecular flexibility index (Phi) is 5.99. The lowest BCUT2D eigenvalue weighted by Crippen LogP contribution is -2.31. The fraction of sp³-hybridized carbons (Fsp3) is 0.174. The number of hydrogen-bond donors (Lipinski definition) is 1. The predicted molar refractivity (Wildman–Crippen MR) is 114 cm³/mol. The van der Waals surface area contributed by atoms with Gasteiger partial charge in [-0.1, -0.05) is 30.3 Å². The van der Waals surface area contributed by atoms with Crippen molar-refractivity contribution in [2.75, 3.05) is 13.4 Å². The van der Waals surface area contributed by atoms with Gasteiger partial charge in [0.05, 0.1) is 16.5 Å². The normalized spacial score (nSPS) is 12.8. The van der Waals surface area contributed by atoms with Crippen LogP contribution in [-0.4, -0.2) is 31.1 Å². The third-order valence-electron chi connectivity index (χ3n) is 4.75. The molecule has 2 aromatic carbocycles. The molecule has 158 valence electrons. The molecule has 0 fully saturated rings. The summed E-state index contributed by atoms with van der Waals surface area (Å²) in [6.07, 6.45) is 0. The van der Waals surface area contributed by atoms with Gasteiger partial charge in [0, 0.05) is 5.56 Å². The Morgan fingerprint density at radius 2 is 1.81 bits per heavy atom. The first-order valence-corrected chi connectivity index (χ1v) is 10.4. The van der Waals surface area contributed by atoms with Crippen LogP contribution in [0.15, 0.2) is 60.0 Å². The summed E-state index contributed by atoms with van der Waals surface area (Å²) in [5.41, 5.74) is 1.19. The minimum Gasteiger partial charge on any atom is -0.454 e. The quantitative estimate of drug-likeness (QED) is 0.447. The Labute approximate surface area is 182 Å². The van der Waals surface area contributed by atoms with Gasteiger partial charge in [-0.15, -0.1) is 11.3 Å². The summed E-state index contributed by atoms with van der Waals surface area (Å²) in [5, 5.41) is 4.57. The Balaban J connectivity index is 1.37. The van der Waals surface area contributed by atoms with Crippen LogP contribution in [0.5, 0.6) is 11.5 Å². The number of fused-ring (bicyclic) bond motifs is 1. The summed E-state index contributed by atoms with van der Waals surface area (Å²) in [6.45, 7) is 1.52. The van der Waals surface area contributed by atoms with Gasteiger partial charge >= 0.3 is 5.97 Å². The van der Waals surface area contributed by atoms with Gasteiger partial charge in [0.1, 0.15) is 0 Å². The van der Waals surface area contributed by atoms with E-state index < -0.39 is 18.5 Å². The molecular formula is C23H19NO6S. The molecule has 1 atom stereocenters. The van der Waals surface area contributed by atoms with Gasteiger partial charge in [-0.2, -0.15) is 0 Å². The molecule has 0 bridgehead atoms. The molecule has 4 rings (SSSR count). The maximum Gasteiger partial charge on any atom is 0.339 e. The highest BCUT2D eigenvalue weighted by Gasteiger charge is 2.21. The number of carbonyl (C=O) groups is 3. The molecule has 0 aliphatic carbocycles. The van der Waals surface area contributed by atoms with E-state index in [2.05, 4.69) is 5.32 Å². The fourth-order valence-electron chi connectivity index (χ4n) is 3.16. The first kappa shape index (κ1) is 20.6. The number of nitrogens with one attached hydrogen (secondary N) is 1. The molecule has 7 nitrogen and oxygen atoms in total. The van der Waals surface area contributed by atoms with Crippen molar-refractivity contribution in [3.05, 3.63) is 81.5 Å². The molecule has 1 N–H and O–H groups in total. The SMILES string of the molecule is CC(NC(=O)COC(=O)c1ccccc1C(=O)c1cccs1)c1ccc2c(c1)OCO2. The lowest BCUT2D eigenvalue weighted by atomic mass is 10.0. The van der Waals surface area contributed by atoms with Gasteiger partial charge in [-0.3, -0.25) is 9.59 Å². The van der Waals surface area contributed by atoms with Crippen molar-refractivity contribution in [2.45, 2.75) is 13.0 Å². The largest absolute Gasteiger partial charge is 0.454 e. The van der Waals surface area contributed by atoms with E-state index in [0.29, 0.717) is 16.4 Å². The zero-order chi connectivity index (χ0) is 21.8. The van der Waals surface area contributed by atoms with Crippen LogP contribution >= 0.6 is 11.3 Å². The van der Waals surface area contributed by atoms with Gasteiger partial charge in [-0.25, -0.2) is 4.79 Å². The zero-order valence-electron chi connectivity index (χ0n) is 16.6. The summed E-state index contributed by atoms with van der Waals surface area (Å²) in [4.78, 5) is 38.0. The highest BCUT2D eigenvalue weighted by Crippen LogP contribution is 2.34. The van der Waals surface area contributed by atoms with Crippen molar-refractivity contribution in [1.29, 1.82) is 0 Å². The number of ketones is 1. The van der Waals surface area contributed by atoms with Gasteiger partial charge < -0.3 is 19.5 Å². The second kappa shape index (κ2) is 9.01. The van der Waals surface area contributed by atoms with E-state index in [9.17, 15) is 14.4 Å². The maximum atomic E-state index is 12.7. The maximum absolute atomic E-state index is 12.7. The van der Waals surface area contributed by atoms with Crippen LogP contribution < -0.4 is 14.8 Å². The molecule has 0 saturated carbocycles. The van der Waals surface area contributed by atoms with E-state index in [1.54, 1.807) is 47.8 Å². The molecule has 1 aliphatic rings. The summed E-state index contributed by atoms with van der Waals surface area (Å²) in [7, 11) is 0. The van der Waals surface area contributed by atoms with E-state index in [4.69, 9.17) is 14.2 Å². The number of carbonyl (C=O) groups excluding carboxylic acids is 3. The third-order valence-corrected chi connectivity index (χ3v) is 5.61. The van der Waals surface area contributed by atoms with E-state index in [-0.39, 0.29) is 29.7 Å². The monoisotopic (exact) mass is 437 g/mol. The number of thiophene rings is 1. The summed E-state index contributed by atoms with van der Waals surface area (Å²) < 4.78 is 15.8. The van der Waals surface area contributed by atoms with Crippen LogP contribution in [-0.2, 0) is 9.53 Å². The molecule has 2 heterocycles. The van der Waals surface area contributed by atoms with E-state index >= 15 is 0 Å². The smallest absolute Gasteiger partial charge is 0.339 e. The molecule has 0 spiro atoms. The second-order valence-electron chi connectivity index (χ2n) is 6.83. The molecule has 1 aromatic heterocycles. The Morgan fingerprint density at radius 3 is 2.58 bits per heavy atom. The third kappa shape index (κ3) is 4.59. The van der Waals surface area contributed by atoms with Gasteiger partial charge in [0.15, 0.2) is 18.1 Å². The Bertz CT molecular complexity index is 1120. The molecule has 1 amide bonds. The van der Waals surface area contributed by atoms with Crippen molar-refractivity contribution < 1.29 is 28.6 Å². The second-order valence-corrected chi connectivity index (χ2v) is 7.78. The first-order chi connectivity index (χ1) is 15.0. The summed E-state index contributed by atoms with van der Waals surface area (Å²) in [6, 6.07) is 14.9. The van der Waals surface area contributed by atoms with Crippen LogP contribution in [0.25, 0.3) is 0 Å². The van der Waals surface area contributed by atoms with Crippen molar-refractivity contribution in [2.24, 2.45) is 0 Å². The number of hydrogen-bond acceptors (Lipinski definition) is 7. The number of rotatable bonds is 7. The van der Waals surface area contributed by atoms with Crippen LogP contribution in [0.4, 0.5) is 0 Å². The highest BCUT2D eigenvalue weighted by atomic mass is 32.1. The van der Waals surface area contributed by atoms with Crippen molar-refractivity contribution in [3.63, 3.8) is 0 Å². The fourth-order valence-corrected chi connectivity index (χ4v) is 3.84. The lowest BCUT2D eigenvalue weighted by molar-refractivity contribution is -0.124. The van der Waals surface area contributed by atoms with Gasteiger partial charge in [-0.05, 0) is 42.1 Å². The molecular weight excluding hydrogens is 418 g/mol.